The summed E-state index contributed by atoms with van der Waals surface area (Å²) >= 11 is 0. The second kappa shape index (κ2) is 9.54. The molecule has 4 aromatic carbocycles. The smallest absolute Gasteiger partial charge is 0.407 e. The molecule has 4 N–H and O–H groups in total. The predicted molar refractivity (Wildman–Crippen MR) is 136 cm³/mol. The molecule has 0 fully saturated rings. The van der Waals surface area contributed by atoms with Gasteiger partial charge in [0.05, 0.1) is 0 Å². The highest BCUT2D eigenvalue weighted by Crippen LogP contribution is 2.44. The summed E-state index contributed by atoms with van der Waals surface area (Å²) in [4.78, 5) is 35.9. The Kier molecular flexibility index (Phi) is 6.12. The third-order valence-electron chi connectivity index (χ3n) is 6.56. The summed E-state index contributed by atoms with van der Waals surface area (Å²) in [7, 11) is 0. The van der Waals surface area contributed by atoms with E-state index in [1.165, 1.54) is 0 Å². The quantitative estimate of drug-likeness (QED) is 0.361. The van der Waals surface area contributed by atoms with E-state index in [4.69, 9.17) is 10.5 Å². The Morgan fingerprint density at radius 2 is 1.47 bits per heavy atom. The fraction of sp³-hybridized carbons (Fsp3) is 0.138. The van der Waals surface area contributed by atoms with Crippen molar-refractivity contribution < 1.29 is 24.2 Å². The van der Waals surface area contributed by atoms with Gasteiger partial charge in [0, 0.05) is 17.9 Å². The number of nitrogens with two attached hydrogens (primary N) is 1. The molecule has 7 nitrogen and oxygen atoms in total. The van der Waals surface area contributed by atoms with Crippen LogP contribution < -0.4 is 11.1 Å². The van der Waals surface area contributed by atoms with Crippen molar-refractivity contribution in [2.24, 2.45) is 5.73 Å². The van der Waals surface area contributed by atoms with E-state index in [1.807, 2.05) is 54.6 Å². The topological polar surface area (TPSA) is 119 Å². The number of fused-ring (bicyclic) bond motifs is 4. The molecule has 1 atom stereocenters. The third-order valence-corrected chi connectivity index (χ3v) is 6.56. The molecule has 1 aliphatic rings. The van der Waals surface area contributed by atoms with Crippen molar-refractivity contribution in [1.29, 1.82) is 0 Å². The van der Waals surface area contributed by atoms with Crippen LogP contribution in [0.2, 0.25) is 0 Å². The van der Waals surface area contributed by atoms with Gasteiger partial charge in [0.2, 0.25) is 5.91 Å². The van der Waals surface area contributed by atoms with E-state index in [-0.39, 0.29) is 18.9 Å². The summed E-state index contributed by atoms with van der Waals surface area (Å²) in [5, 5.41) is 13.8. The van der Waals surface area contributed by atoms with Crippen LogP contribution in [0.5, 0.6) is 0 Å². The monoisotopic (exact) mass is 480 g/mol. The maximum absolute atomic E-state index is 12.6. The number of aliphatic carboxylic acids is 1. The molecule has 1 aliphatic carbocycles. The molecule has 0 bridgehead atoms. The lowest BCUT2D eigenvalue weighted by Gasteiger charge is -2.18. The van der Waals surface area contributed by atoms with E-state index in [0.29, 0.717) is 5.56 Å². The summed E-state index contributed by atoms with van der Waals surface area (Å²) < 4.78 is 5.51. The normalized spacial score (nSPS) is 13.0. The number of nitrogens with one attached hydrogen (secondary N) is 1. The molecule has 180 valence electrons. The lowest BCUT2D eigenvalue weighted by Crippen LogP contribution is -2.42. The molecule has 0 aliphatic heterocycles. The number of carbonyl (C=O) groups is 3. The number of alkyl carbamates (subject to hydrolysis) is 1. The molecule has 0 radical (unpaired) electrons. The maximum atomic E-state index is 12.6. The van der Waals surface area contributed by atoms with Crippen LogP contribution >= 0.6 is 0 Å². The molecule has 0 spiro atoms. The van der Waals surface area contributed by atoms with Gasteiger partial charge in [-0.05, 0) is 50.7 Å². The Balaban J connectivity index is 1.26. The zero-order chi connectivity index (χ0) is 25.2. The van der Waals surface area contributed by atoms with Crippen LogP contribution in [0, 0.1) is 0 Å². The summed E-state index contributed by atoms with van der Waals surface area (Å²) in [5.41, 5.74) is 10.8. The minimum Gasteiger partial charge on any atom is -0.480 e. The van der Waals surface area contributed by atoms with Crippen molar-refractivity contribution in [2.45, 2.75) is 18.4 Å². The van der Waals surface area contributed by atoms with Crippen LogP contribution in [-0.4, -0.2) is 35.7 Å². The van der Waals surface area contributed by atoms with E-state index >= 15 is 0 Å². The molecule has 0 saturated heterocycles. The van der Waals surface area contributed by atoms with Crippen molar-refractivity contribution in [3.05, 3.63) is 107 Å². The number of carboxylic acids is 1. The second-order valence-corrected chi connectivity index (χ2v) is 8.83. The highest BCUT2D eigenvalue weighted by Gasteiger charge is 2.29. The largest absolute Gasteiger partial charge is 0.480 e. The number of rotatable bonds is 7. The number of benzene rings is 4. The molecule has 0 aromatic heterocycles. The number of amides is 2. The van der Waals surface area contributed by atoms with Crippen molar-refractivity contribution in [2.75, 3.05) is 6.61 Å². The Morgan fingerprint density at radius 1 is 0.861 bits per heavy atom. The van der Waals surface area contributed by atoms with Gasteiger partial charge in [-0.25, -0.2) is 9.59 Å². The minimum atomic E-state index is -1.16. The molecule has 0 heterocycles. The first-order valence-electron chi connectivity index (χ1n) is 11.6. The van der Waals surface area contributed by atoms with E-state index in [9.17, 15) is 19.5 Å². The number of carbonyl (C=O) groups excluding carboxylic acids is 2. The molecule has 36 heavy (non-hydrogen) atoms. The molecule has 2 amide bonds. The van der Waals surface area contributed by atoms with Crippen molar-refractivity contribution in [3.63, 3.8) is 0 Å². The van der Waals surface area contributed by atoms with E-state index in [0.717, 1.165) is 38.6 Å². The van der Waals surface area contributed by atoms with Gasteiger partial charge in [0.15, 0.2) is 0 Å². The Bertz CT molecular complexity index is 1450. The van der Waals surface area contributed by atoms with Crippen LogP contribution in [0.3, 0.4) is 0 Å². The molecule has 0 saturated carbocycles. The lowest BCUT2D eigenvalue weighted by molar-refractivity contribution is -0.139. The third kappa shape index (κ3) is 4.51. The fourth-order valence-corrected chi connectivity index (χ4v) is 4.79. The Morgan fingerprint density at radius 3 is 2.11 bits per heavy atom. The standard InChI is InChI=1S/C29H24N2O5/c30-27(32)20-12-11-18-13-17(9-10-19(18)15-20)14-26(28(33)34)31-29(35)36-16-25-23-7-3-1-5-21(23)22-6-2-4-8-24(22)25/h1-13,15,25-26H,14,16H2,(H2,30,32)(H,31,35)(H,33,34)/t26-/m0/s1. The highest BCUT2D eigenvalue weighted by atomic mass is 16.5. The lowest BCUT2D eigenvalue weighted by atomic mass is 9.98. The molecule has 5 rings (SSSR count). The predicted octanol–water partition coefficient (Wildman–Crippen LogP) is 4.47. The van der Waals surface area contributed by atoms with E-state index < -0.39 is 24.0 Å². The zero-order valence-corrected chi connectivity index (χ0v) is 19.3. The van der Waals surface area contributed by atoms with Gasteiger partial charge in [-0.15, -0.1) is 0 Å². The van der Waals surface area contributed by atoms with Crippen LogP contribution in [0.1, 0.15) is 33.0 Å². The SMILES string of the molecule is NC(=O)c1ccc2cc(C[C@H](NC(=O)OCC3c4ccccc4-c4ccccc43)C(=O)O)ccc2c1. The van der Waals surface area contributed by atoms with Crippen LogP contribution in [0.15, 0.2) is 84.9 Å². The molecule has 0 unspecified atom stereocenters. The highest BCUT2D eigenvalue weighted by molar-refractivity contribution is 5.97. The van der Waals surface area contributed by atoms with Gasteiger partial charge in [-0.3, -0.25) is 4.79 Å². The number of carboxylic acid groups (broad SMARTS) is 1. The zero-order valence-electron chi connectivity index (χ0n) is 19.3. The first kappa shape index (κ1) is 23.1. The van der Waals surface area contributed by atoms with Crippen molar-refractivity contribution >= 4 is 28.7 Å². The van der Waals surface area contributed by atoms with Crippen LogP contribution in [-0.2, 0) is 16.0 Å². The van der Waals surface area contributed by atoms with Gasteiger partial charge < -0.3 is 20.9 Å². The average Bonchev–Trinajstić information content (AvgIpc) is 3.20. The number of hydrogen-bond donors (Lipinski definition) is 3. The number of ether oxygens (including phenoxy) is 1. The second-order valence-electron chi connectivity index (χ2n) is 8.83. The van der Waals surface area contributed by atoms with Crippen molar-refractivity contribution in [1.82, 2.24) is 5.32 Å². The Hall–Kier alpha value is -4.65. The molecule has 4 aromatic rings. The maximum Gasteiger partial charge on any atom is 0.407 e. The number of hydrogen-bond acceptors (Lipinski definition) is 4. The molecular formula is C29H24N2O5. The molecule has 7 heteroatoms. The first-order valence-corrected chi connectivity index (χ1v) is 11.6. The van der Waals surface area contributed by atoms with E-state index in [2.05, 4.69) is 5.32 Å². The fourth-order valence-electron chi connectivity index (χ4n) is 4.79. The van der Waals surface area contributed by atoms with Gasteiger partial charge in [-0.1, -0.05) is 72.8 Å². The van der Waals surface area contributed by atoms with Gasteiger partial charge in [0.1, 0.15) is 12.6 Å². The summed E-state index contributed by atoms with van der Waals surface area (Å²) in [6.07, 6.45) is -0.705. The van der Waals surface area contributed by atoms with Gasteiger partial charge in [-0.2, -0.15) is 0 Å². The Labute approximate surface area is 207 Å². The van der Waals surface area contributed by atoms with Gasteiger partial charge in [0.25, 0.3) is 0 Å². The van der Waals surface area contributed by atoms with E-state index in [1.54, 1.807) is 30.3 Å². The van der Waals surface area contributed by atoms with Crippen LogP contribution in [0.25, 0.3) is 21.9 Å². The number of primary amides is 1. The average molecular weight is 481 g/mol. The van der Waals surface area contributed by atoms with Crippen LogP contribution in [0.4, 0.5) is 4.79 Å². The van der Waals surface area contributed by atoms with Gasteiger partial charge >= 0.3 is 12.1 Å². The summed E-state index contributed by atoms with van der Waals surface area (Å²) in [6.45, 7) is 0.102. The summed E-state index contributed by atoms with van der Waals surface area (Å²) in [6, 6.07) is 25.3. The minimum absolute atomic E-state index is 0.0764. The van der Waals surface area contributed by atoms with Crippen molar-refractivity contribution in [3.8, 4) is 11.1 Å². The molecular weight excluding hydrogens is 456 g/mol. The summed E-state index contributed by atoms with van der Waals surface area (Å²) in [5.74, 6) is -1.79. The first-order chi connectivity index (χ1) is 17.4.